The Hall–Kier alpha value is -1.75. The maximum atomic E-state index is 13.2. The normalized spacial score (nSPS) is 18.3. The molecule has 5 nitrogen and oxygen atoms in total. The summed E-state index contributed by atoms with van der Waals surface area (Å²) in [7, 11) is 0. The van der Waals surface area contributed by atoms with Crippen LogP contribution >= 0.6 is 11.6 Å². The van der Waals surface area contributed by atoms with Crippen LogP contribution in [-0.2, 0) is 9.53 Å². The van der Waals surface area contributed by atoms with E-state index in [4.69, 9.17) is 16.3 Å². The van der Waals surface area contributed by atoms with Crippen LogP contribution in [0.3, 0.4) is 0 Å². The lowest BCUT2D eigenvalue weighted by molar-refractivity contribution is -0.123. The highest BCUT2D eigenvalue weighted by Crippen LogP contribution is 2.33. The van der Waals surface area contributed by atoms with E-state index in [9.17, 15) is 9.59 Å². The topological polar surface area (TPSA) is 49.9 Å². The molecular weight excluding hydrogens is 364 g/mol. The van der Waals surface area contributed by atoms with E-state index in [0.717, 1.165) is 12.2 Å². The van der Waals surface area contributed by atoms with Gasteiger partial charge in [0.05, 0.1) is 0 Å². The van der Waals surface area contributed by atoms with Crippen molar-refractivity contribution in [2.75, 3.05) is 24.5 Å². The van der Waals surface area contributed by atoms with Crippen molar-refractivity contribution in [1.82, 2.24) is 4.90 Å². The van der Waals surface area contributed by atoms with E-state index < -0.39 is 5.60 Å². The van der Waals surface area contributed by atoms with Crippen molar-refractivity contribution in [1.29, 1.82) is 0 Å². The monoisotopic (exact) mass is 392 g/mol. The van der Waals surface area contributed by atoms with Gasteiger partial charge in [0.2, 0.25) is 5.91 Å². The Morgan fingerprint density at radius 3 is 2.22 bits per heavy atom. The van der Waals surface area contributed by atoms with E-state index >= 15 is 0 Å². The Kier molecular flexibility index (Phi) is 5.99. The van der Waals surface area contributed by atoms with Gasteiger partial charge in [0.1, 0.15) is 5.60 Å². The van der Waals surface area contributed by atoms with E-state index in [0.29, 0.717) is 36.9 Å². The lowest BCUT2D eigenvalue weighted by atomic mass is 9.95. The Morgan fingerprint density at radius 2 is 1.70 bits per heavy atom. The van der Waals surface area contributed by atoms with Gasteiger partial charge in [0, 0.05) is 36.3 Å². The van der Waals surface area contributed by atoms with Crippen LogP contribution in [0.5, 0.6) is 0 Å². The molecule has 1 saturated carbocycles. The van der Waals surface area contributed by atoms with Gasteiger partial charge in [-0.3, -0.25) is 4.79 Å². The second-order valence-corrected chi connectivity index (χ2v) is 9.05. The van der Waals surface area contributed by atoms with E-state index in [-0.39, 0.29) is 17.9 Å². The molecule has 0 aromatic heterocycles. The second kappa shape index (κ2) is 8.09. The van der Waals surface area contributed by atoms with Gasteiger partial charge in [-0.2, -0.15) is 0 Å². The molecule has 2 amide bonds. The molecular formula is C21H29ClN2O3. The Balaban J connectivity index is 1.62. The maximum absolute atomic E-state index is 13.2. The average Bonchev–Trinajstić information content (AvgIpc) is 3.43. The van der Waals surface area contributed by atoms with Crippen LogP contribution in [-0.4, -0.2) is 42.1 Å². The number of nitrogens with zero attached hydrogens (tertiary/aromatic N) is 2. The largest absolute Gasteiger partial charge is 0.444 e. The number of rotatable bonds is 4. The fourth-order valence-corrected chi connectivity index (χ4v) is 3.48. The third kappa shape index (κ3) is 5.61. The third-order valence-electron chi connectivity index (χ3n) is 5.04. The van der Waals surface area contributed by atoms with Crippen LogP contribution in [0.1, 0.15) is 46.5 Å². The van der Waals surface area contributed by atoms with Gasteiger partial charge in [-0.25, -0.2) is 4.79 Å². The lowest BCUT2D eigenvalue weighted by Crippen LogP contribution is -2.46. The summed E-state index contributed by atoms with van der Waals surface area (Å²) in [6.07, 6.45) is 3.43. The van der Waals surface area contributed by atoms with Crippen LogP contribution in [0.4, 0.5) is 10.5 Å². The molecule has 0 atom stereocenters. The van der Waals surface area contributed by atoms with Crippen LogP contribution in [0.15, 0.2) is 24.3 Å². The highest BCUT2D eigenvalue weighted by Gasteiger charge is 2.34. The SMILES string of the molecule is CC(C)(C)OC(=O)N1CCC(C(=O)N(CC2CC2)c2ccc(Cl)cc2)CC1. The summed E-state index contributed by atoms with van der Waals surface area (Å²) in [6, 6.07) is 7.49. The first kappa shape index (κ1) is 20.0. The van der Waals surface area contributed by atoms with Gasteiger partial charge in [0.25, 0.3) is 0 Å². The number of ether oxygens (including phenoxy) is 1. The molecule has 148 valence electrons. The summed E-state index contributed by atoms with van der Waals surface area (Å²) in [5, 5.41) is 0.670. The predicted octanol–water partition coefficient (Wildman–Crippen LogP) is 4.73. The second-order valence-electron chi connectivity index (χ2n) is 8.61. The summed E-state index contributed by atoms with van der Waals surface area (Å²) in [6.45, 7) is 7.48. The molecule has 1 aliphatic carbocycles. The number of piperidine rings is 1. The van der Waals surface area contributed by atoms with Crippen molar-refractivity contribution in [2.45, 2.75) is 52.1 Å². The minimum atomic E-state index is -0.501. The molecule has 0 radical (unpaired) electrons. The van der Waals surface area contributed by atoms with Crippen molar-refractivity contribution >= 4 is 29.3 Å². The number of amides is 2. The fourth-order valence-electron chi connectivity index (χ4n) is 3.36. The van der Waals surface area contributed by atoms with E-state index in [1.807, 2.05) is 49.9 Å². The van der Waals surface area contributed by atoms with Gasteiger partial charge in [0.15, 0.2) is 0 Å². The highest BCUT2D eigenvalue weighted by molar-refractivity contribution is 6.30. The standard InChI is InChI=1S/C21H29ClN2O3/c1-21(2,3)27-20(26)23-12-10-16(11-13-23)19(25)24(14-15-4-5-15)18-8-6-17(22)7-9-18/h6-9,15-16H,4-5,10-14H2,1-3H3. The number of carbonyl (C=O) groups excluding carboxylic acids is 2. The van der Waals surface area contributed by atoms with Crippen molar-refractivity contribution in [3.8, 4) is 0 Å². The Labute approximate surface area is 166 Å². The summed E-state index contributed by atoms with van der Waals surface area (Å²) in [4.78, 5) is 29.1. The quantitative estimate of drug-likeness (QED) is 0.744. The van der Waals surface area contributed by atoms with Crippen LogP contribution in [0.25, 0.3) is 0 Å². The van der Waals surface area contributed by atoms with Gasteiger partial charge >= 0.3 is 6.09 Å². The number of carbonyl (C=O) groups is 2. The molecule has 1 aromatic rings. The molecule has 1 heterocycles. The van der Waals surface area contributed by atoms with Gasteiger partial charge in [-0.05, 0) is 76.6 Å². The Bertz CT molecular complexity index is 672. The molecule has 0 spiro atoms. The van der Waals surface area contributed by atoms with Crippen molar-refractivity contribution in [3.05, 3.63) is 29.3 Å². The number of halogens is 1. The molecule has 2 fully saturated rings. The first-order valence-corrected chi connectivity index (χ1v) is 10.2. The first-order valence-electron chi connectivity index (χ1n) is 9.78. The summed E-state index contributed by atoms with van der Waals surface area (Å²) in [5.41, 5.74) is 0.408. The zero-order chi connectivity index (χ0) is 19.6. The molecule has 2 aliphatic rings. The van der Waals surface area contributed by atoms with Crippen LogP contribution < -0.4 is 4.90 Å². The van der Waals surface area contributed by atoms with E-state index in [1.165, 1.54) is 12.8 Å². The first-order chi connectivity index (χ1) is 12.7. The zero-order valence-electron chi connectivity index (χ0n) is 16.4. The average molecular weight is 393 g/mol. The summed E-state index contributed by atoms with van der Waals surface area (Å²) in [5.74, 6) is 0.706. The Morgan fingerprint density at radius 1 is 1.11 bits per heavy atom. The number of hydrogen-bond acceptors (Lipinski definition) is 3. The maximum Gasteiger partial charge on any atom is 0.410 e. The van der Waals surface area contributed by atoms with Crippen molar-refractivity contribution in [3.63, 3.8) is 0 Å². The van der Waals surface area contributed by atoms with Gasteiger partial charge in [-0.15, -0.1) is 0 Å². The number of hydrogen-bond donors (Lipinski definition) is 0. The number of anilines is 1. The van der Waals surface area contributed by atoms with Gasteiger partial charge < -0.3 is 14.5 Å². The lowest BCUT2D eigenvalue weighted by Gasteiger charge is -2.35. The molecule has 0 unspecified atom stereocenters. The zero-order valence-corrected chi connectivity index (χ0v) is 17.2. The number of likely N-dealkylation sites (tertiary alicyclic amines) is 1. The molecule has 1 aliphatic heterocycles. The van der Waals surface area contributed by atoms with Crippen molar-refractivity contribution < 1.29 is 14.3 Å². The van der Waals surface area contributed by atoms with Gasteiger partial charge in [-0.1, -0.05) is 11.6 Å². The molecule has 6 heteroatoms. The molecule has 27 heavy (non-hydrogen) atoms. The minimum absolute atomic E-state index is 0.0573. The summed E-state index contributed by atoms with van der Waals surface area (Å²) >= 11 is 6.00. The van der Waals surface area contributed by atoms with Crippen molar-refractivity contribution in [2.24, 2.45) is 11.8 Å². The minimum Gasteiger partial charge on any atom is -0.444 e. The number of benzene rings is 1. The summed E-state index contributed by atoms with van der Waals surface area (Å²) < 4.78 is 5.44. The molecule has 0 bridgehead atoms. The molecule has 3 rings (SSSR count). The molecule has 1 aromatic carbocycles. The smallest absolute Gasteiger partial charge is 0.410 e. The van der Waals surface area contributed by atoms with Crippen LogP contribution in [0.2, 0.25) is 5.02 Å². The fraction of sp³-hybridized carbons (Fsp3) is 0.619. The van der Waals surface area contributed by atoms with Crippen LogP contribution in [0, 0.1) is 11.8 Å². The third-order valence-corrected chi connectivity index (χ3v) is 5.29. The molecule has 1 saturated heterocycles. The van der Waals surface area contributed by atoms with E-state index in [1.54, 1.807) is 4.90 Å². The predicted molar refractivity (Wildman–Crippen MR) is 107 cm³/mol. The van der Waals surface area contributed by atoms with E-state index in [2.05, 4.69) is 0 Å². The highest BCUT2D eigenvalue weighted by atomic mass is 35.5. The molecule has 0 N–H and O–H groups in total.